The summed E-state index contributed by atoms with van der Waals surface area (Å²) in [5.74, 6) is 0.436. The number of carbonyl (C=O) groups is 1. The van der Waals surface area contributed by atoms with Crippen LogP contribution in [0.5, 0.6) is 5.75 Å². The first-order valence-electron chi connectivity index (χ1n) is 8.39. The van der Waals surface area contributed by atoms with Crippen molar-refractivity contribution in [2.75, 3.05) is 7.11 Å². The van der Waals surface area contributed by atoms with Crippen LogP contribution in [0.2, 0.25) is 0 Å². The number of cyclic esters (lactones) is 1. The number of carbonyl (C=O) groups excluding carboxylic acids is 1. The lowest BCUT2D eigenvalue weighted by Gasteiger charge is -2.28. The molecule has 1 aliphatic rings. The van der Waals surface area contributed by atoms with Crippen LogP contribution in [0, 0.1) is 0 Å². The molecule has 4 rings (SSSR count). The molecule has 3 aromatic rings. The molecule has 0 unspecified atom stereocenters. The van der Waals surface area contributed by atoms with Gasteiger partial charge in [-0.2, -0.15) is 0 Å². The molecule has 1 heterocycles. The molecule has 0 N–H and O–H groups in total. The predicted molar refractivity (Wildman–Crippen MR) is 103 cm³/mol. The zero-order valence-electron chi connectivity index (χ0n) is 14.3. The molecule has 3 nitrogen and oxygen atoms in total. The number of hydrogen-bond donors (Lipinski definition) is 0. The number of methoxy groups -OCH3 is 1. The second-order valence-corrected chi connectivity index (χ2v) is 7.29. The topological polar surface area (TPSA) is 35.5 Å². The Morgan fingerprint density at radius 2 is 1.38 bits per heavy atom. The lowest BCUT2D eigenvalue weighted by atomic mass is 10.0. The van der Waals surface area contributed by atoms with Crippen LogP contribution in [-0.2, 0) is 14.5 Å². The molecule has 0 spiro atoms. The molecule has 3 aromatic carbocycles. The van der Waals surface area contributed by atoms with Crippen molar-refractivity contribution < 1.29 is 14.3 Å². The standard InChI is InChI=1S/C22H18O3S/c1-24-19-15-9-8-14-18(19)20-21(23)25-22(26-20,16-10-4-2-5-11-16)17-12-6-3-7-13-17/h2-15,20H,1H3/t20-/m1/s1. The van der Waals surface area contributed by atoms with Gasteiger partial charge in [-0.25, -0.2) is 0 Å². The first kappa shape index (κ1) is 16.7. The van der Waals surface area contributed by atoms with Crippen molar-refractivity contribution >= 4 is 17.7 Å². The van der Waals surface area contributed by atoms with Gasteiger partial charge in [-0.15, -0.1) is 0 Å². The first-order valence-corrected chi connectivity index (χ1v) is 9.27. The van der Waals surface area contributed by atoms with E-state index in [0.717, 1.165) is 16.7 Å². The second kappa shape index (κ2) is 6.89. The normalized spacial score (nSPS) is 18.3. The maximum Gasteiger partial charge on any atom is 0.325 e. The summed E-state index contributed by atoms with van der Waals surface area (Å²) in [6.45, 7) is 0. The molecule has 0 amide bonds. The van der Waals surface area contributed by atoms with Crippen molar-refractivity contribution in [2.24, 2.45) is 0 Å². The fourth-order valence-corrected chi connectivity index (χ4v) is 4.72. The minimum absolute atomic E-state index is 0.257. The molecular formula is C22H18O3S. The maximum absolute atomic E-state index is 12.9. The van der Waals surface area contributed by atoms with Crippen LogP contribution in [0.4, 0.5) is 0 Å². The zero-order valence-corrected chi connectivity index (χ0v) is 15.1. The van der Waals surface area contributed by atoms with E-state index in [9.17, 15) is 4.79 Å². The number of ether oxygens (including phenoxy) is 2. The van der Waals surface area contributed by atoms with E-state index in [2.05, 4.69) is 0 Å². The van der Waals surface area contributed by atoms with Crippen molar-refractivity contribution in [1.29, 1.82) is 0 Å². The van der Waals surface area contributed by atoms with Gasteiger partial charge in [-0.05, 0) is 6.07 Å². The van der Waals surface area contributed by atoms with Crippen LogP contribution >= 0.6 is 11.8 Å². The Hall–Kier alpha value is -2.72. The molecule has 26 heavy (non-hydrogen) atoms. The molecule has 0 saturated carbocycles. The number of benzene rings is 3. The van der Waals surface area contributed by atoms with E-state index in [0.29, 0.717) is 5.75 Å². The Labute approximate surface area is 157 Å². The van der Waals surface area contributed by atoms with Crippen molar-refractivity contribution in [2.45, 2.75) is 10.2 Å². The smallest absolute Gasteiger partial charge is 0.325 e. The van der Waals surface area contributed by atoms with Gasteiger partial charge in [0.2, 0.25) is 4.93 Å². The number of para-hydroxylation sites is 1. The Balaban J connectivity index is 1.84. The maximum atomic E-state index is 12.9. The van der Waals surface area contributed by atoms with Crippen molar-refractivity contribution in [1.82, 2.24) is 0 Å². The van der Waals surface area contributed by atoms with Crippen LogP contribution in [0.1, 0.15) is 21.9 Å². The molecule has 0 bridgehead atoms. The van der Waals surface area contributed by atoms with Crippen LogP contribution in [-0.4, -0.2) is 13.1 Å². The van der Waals surface area contributed by atoms with E-state index >= 15 is 0 Å². The Bertz CT molecular complexity index is 869. The van der Waals surface area contributed by atoms with Gasteiger partial charge in [0.1, 0.15) is 11.0 Å². The number of thioether (sulfide) groups is 1. The number of esters is 1. The highest BCUT2D eigenvalue weighted by Crippen LogP contribution is 2.57. The molecule has 4 heteroatoms. The summed E-state index contributed by atoms with van der Waals surface area (Å²) in [5.41, 5.74) is 2.72. The number of rotatable bonds is 4. The third kappa shape index (κ3) is 2.76. The fourth-order valence-electron chi connectivity index (χ4n) is 3.24. The summed E-state index contributed by atoms with van der Waals surface area (Å²) >= 11 is 1.50. The van der Waals surface area contributed by atoms with Crippen LogP contribution < -0.4 is 4.74 Å². The molecule has 0 radical (unpaired) electrons. The summed E-state index contributed by atoms with van der Waals surface area (Å²) in [6.07, 6.45) is 0. The molecule has 0 aromatic heterocycles. The van der Waals surface area contributed by atoms with Gasteiger partial charge in [0, 0.05) is 16.7 Å². The highest BCUT2D eigenvalue weighted by Gasteiger charge is 2.51. The third-order valence-corrected chi connectivity index (χ3v) is 6.04. The van der Waals surface area contributed by atoms with Gasteiger partial charge in [0.25, 0.3) is 0 Å². The highest BCUT2D eigenvalue weighted by atomic mass is 32.2. The largest absolute Gasteiger partial charge is 0.496 e. The Kier molecular flexibility index (Phi) is 4.43. The van der Waals surface area contributed by atoms with E-state index in [1.54, 1.807) is 7.11 Å². The lowest BCUT2D eigenvalue weighted by Crippen LogP contribution is -2.24. The number of hydrogen-bond acceptors (Lipinski definition) is 4. The zero-order chi connectivity index (χ0) is 18.0. The molecule has 1 saturated heterocycles. The molecule has 1 aliphatic heterocycles. The van der Waals surface area contributed by atoms with E-state index in [4.69, 9.17) is 9.47 Å². The minimum Gasteiger partial charge on any atom is -0.496 e. The van der Waals surface area contributed by atoms with Gasteiger partial charge in [0.05, 0.1) is 7.11 Å². The van der Waals surface area contributed by atoms with E-state index in [1.807, 2.05) is 84.9 Å². The predicted octanol–water partition coefficient (Wildman–Crippen LogP) is 4.93. The summed E-state index contributed by atoms with van der Waals surface area (Å²) < 4.78 is 11.5. The summed E-state index contributed by atoms with van der Waals surface area (Å²) in [5, 5.41) is -0.452. The Morgan fingerprint density at radius 3 is 1.96 bits per heavy atom. The molecule has 1 atom stereocenters. The quantitative estimate of drug-likeness (QED) is 0.617. The Morgan fingerprint density at radius 1 is 0.846 bits per heavy atom. The molecular weight excluding hydrogens is 344 g/mol. The van der Waals surface area contributed by atoms with E-state index in [-0.39, 0.29) is 5.97 Å². The fraction of sp³-hybridized carbons (Fsp3) is 0.136. The summed E-state index contributed by atoms with van der Waals surface area (Å²) in [6, 6.07) is 27.4. The van der Waals surface area contributed by atoms with Crippen molar-refractivity contribution in [3.8, 4) is 5.75 Å². The van der Waals surface area contributed by atoms with Crippen LogP contribution in [0.15, 0.2) is 84.9 Å². The van der Waals surface area contributed by atoms with Gasteiger partial charge >= 0.3 is 5.97 Å². The summed E-state index contributed by atoms with van der Waals surface area (Å²) in [4.78, 5) is 12.0. The first-order chi connectivity index (χ1) is 12.7. The van der Waals surface area contributed by atoms with E-state index in [1.165, 1.54) is 11.8 Å². The van der Waals surface area contributed by atoms with E-state index < -0.39 is 10.2 Å². The second-order valence-electron chi connectivity index (χ2n) is 6.01. The van der Waals surface area contributed by atoms with Crippen LogP contribution in [0.25, 0.3) is 0 Å². The van der Waals surface area contributed by atoms with Gasteiger partial charge in [0.15, 0.2) is 0 Å². The molecule has 0 aliphatic carbocycles. The lowest BCUT2D eigenvalue weighted by molar-refractivity contribution is -0.146. The van der Waals surface area contributed by atoms with Crippen molar-refractivity contribution in [3.63, 3.8) is 0 Å². The van der Waals surface area contributed by atoms with Gasteiger partial charge < -0.3 is 9.47 Å². The average molecular weight is 362 g/mol. The summed E-state index contributed by atoms with van der Waals surface area (Å²) in [7, 11) is 1.62. The van der Waals surface area contributed by atoms with Crippen LogP contribution in [0.3, 0.4) is 0 Å². The minimum atomic E-state index is -0.870. The molecule has 1 fully saturated rings. The SMILES string of the molecule is COc1ccccc1[C@H]1SC(c2ccccc2)(c2ccccc2)OC1=O. The third-order valence-electron chi connectivity index (χ3n) is 4.47. The highest BCUT2D eigenvalue weighted by molar-refractivity contribution is 8.01. The monoisotopic (exact) mass is 362 g/mol. The average Bonchev–Trinajstić information content (AvgIpc) is 3.07. The van der Waals surface area contributed by atoms with Crippen molar-refractivity contribution in [3.05, 3.63) is 102 Å². The molecule has 130 valence electrons. The van der Waals surface area contributed by atoms with Gasteiger partial charge in [-0.3, -0.25) is 4.79 Å². The van der Waals surface area contributed by atoms with Gasteiger partial charge in [-0.1, -0.05) is 90.6 Å².